The van der Waals surface area contributed by atoms with Gasteiger partial charge in [-0.1, -0.05) is 42.1 Å². The highest BCUT2D eigenvalue weighted by molar-refractivity contribution is 7.99. The number of nitrogens with zero attached hydrogens (tertiary/aromatic N) is 5. The zero-order chi connectivity index (χ0) is 23.5. The van der Waals surface area contributed by atoms with Crippen LogP contribution in [-0.4, -0.2) is 48.4 Å². The van der Waals surface area contributed by atoms with Gasteiger partial charge in [0.15, 0.2) is 10.8 Å². The smallest absolute Gasteiger partial charge is 0.338 e. The quantitative estimate of drug-likeness (QED) is 0.283. The van der Waals surface area contributed by atoms with Crippen LogP contribution in [0.2, 0.25) is 0 Å². The Bertz CT molecular complexity index is 1480. The summed E-state index contributed by atoms with van der Waals surface area (Å²) in [4.78, 5) is 24.2. The normalized spacial score (nSPS) is 11.1. The molecule has 0 aliphatic heterocycles. The maximum absolute atomic E-state index is 12.4. The van der Waals surface area contributed by atoms with E-state index < -0.39 is 5.97 Å². The van der Waals surface area contributed by atoms with Gasteiger partial charge in [-0.15, -0.1) is 10.2 Å². The Hall–Kier alpha value is -4.18. The zero-order valence-electron chi connectivity index (χ0n) is 18.2. The molecule has 5 rings (SSSR count). The number of ether oxygens (including phenoxy) is 1. The van der Waals surface area contributed by atoms with E-state index in [2.05, 4.69) is 20.6 Å². The molecule has 5 aromatic rings. The van der Waals surface area contributed by atoms with Crippen LogP contribution in [0.3, 0.4) is 0 Å². The van der Waals surface area contributed by atoms with E-state index in [-0.39, 0.29) is 11.7 Å². The van der Waals surface area contributed by atoms with Gasteiger partial charge in [-0.2, -0.15) is 5.10 Å². The lowest BCUT2D eigenvalue weighted by atomic mass is 10.1. The van der Waals surface area contributed by atoms with Crippen LogP contribution >= 0.6 is 11.8 Å². The number of anilines is 1. The number of nitrogens with one attached hydrogen (secondary N) is 1. The number of benzene rings is 2. The topological polar surface area (TPSA) is 103 Å². The van der Waals surface area contributed by atoms with Crippen LogP contribution in [0.15, 0.2) is 78.2 Å². The number of carbonyl (C=O) groups is 2. The molecule has 170 valence electrons. The molecule has 1 amide bonds. The summed E-state index contributed by atoms with van der Waals surface area (Å²) < 4.78 is 8.58. The van der Waals surface area contributed by atoms with Crippen molar-refractivity contribution in [3.05, 3.63) is 78.6 Å². The summed E-state index contributed by atoms with van der Waals surface area (Å²) in [5, 5.41) is 16.6. The van der Waals surface area contributed by atoms with Crippen LogP contribution < -0.4 is 5.32 Å². The van der Waals surface area contributed by atoms with Crippen LogP contribution in [0.4, 0.5) is 5.69 Å². The van der Waals surface area contributed by atoms with Crippen LogP contribution in [0.25, 0.3) is 22.4 Å². The van der Waals surface area contributed by atoms with E-state index in [1.54, 1.807) is 35.7 Å². The maximum Gasteiger partial charge on any atom is 0.338 e. The molecule has 0 fully saturated rings. The molecular weight excluding hydrogens is 452 g/mol. The van der Waals surface area contributed by atoms with E-state index in [0.717, 1.165) is 16.8 Å². The molecule has 0 aliphatic carbocycles. The van der Waals surface area contributed by atoms with Crippen LogP contribution in [0.5, 0.6) is 0 Å². The van der Waals surface area contributed by atoms with Crippen molar-refractivity contribution in [2.45, 2.75) is 12.1 Å². The first-order valence-corrected chi connectivity index (χ1v) is 11.6. The molecule has 0 radical (unpaired) electrons. The van der Waals surface area contributed by atoms with Crippen molar-refractivity contribution in [1.29, 1.82) is 0 Å². The second-order valence-electron chi connectivity index (χ2n) is 7.33. The van der Waals surface area contributed by atoms with Crippen molar-refractivity contribution in [3.63, 3.8) is 0 Å². The molecule has 0 saturated carbocycles. The molecule has 0 aliphatic rings. The number of fused-ring (bicyclic) bond motifs is 3. The van der Waals surface area contributed by atoms with Crippen molar-refractivity contribution in [1.82, 2.24) is 24.2 Å². The SMILES string of the molecule is CCOC(=O)c1ccc(NC(=O)CSc2nnc3c4cc(-c5ccccc5)nn4ccn23)cc1. The van der Waals surface area contributed by atoms with Gasteiger partial charge in [0.2, 0.25) is 5.91 Å². The van der Waals surface area contributed by atoms with E-state index in [1.807, 2.05) is 53.2 Å². The van der Waals surface area contributed by atoms with Crippen molar-refractivity contribution in [2.24, 2.45) is 0 Å². The highest BCUT2D eigenvalue weighted by Crippen LogP contribution is 2.24. The van der Waals surface area contributed by atoms with Gasteiger partial charge in [-0.05, 0) is 37.3 Å². The number of rotatable bonds is 7. The third-order valence-electron chi connectivity index (χ3n) is 5.07. The van der Waals surface area contributed by atoms with Gasteiger partial charge in [0.05, 0.1) is 23.6 Å². The van der Waals surface area contributed by atoms with Gasteiger partial charge < -0.3 is 10.1 Å². The molecule has 0 atom stereocenters. The first-order chi connectivity index (χ1) is 16.6. The summed E-state index contributed by atoms with van der Waals surface area (Å²) in [7, 11) is 0. The number of carbonyl (C=O) groups excluding carboxylic acids is 2. The van der Waals surface area contributed by atoms with Crippen LogP contribution in [-0.2, 0) is 9.53 Å². The van der Waals surface area contributed by atoms with Gasteiger partial charge >= 0.3 is 5.97 Å². The van der Waals surface area contributed by atoms with E-state index in [1.165, 1.54) is 11.8 Å². The molecule has 9 nitrogen and oxygen atoms in total. The standard InChI is InChI=1S/C24H20N6O3S/c1-2-33-23(32)17-8-10-18(11-9-17)25-21(31)15-34-24-27-26-22-20-14-19(16-6-4-3-5-7-16)28-30(20)13-12-29(22)24/h3-14H,2,15H2,1H3,(H,25,31). The van der Waals surface area contributed by atoms with E-state index in [0.29, 0.717) is 28.7 Å². The molecular formula is C24H20N6O3S. The summed E-state index contributed by atoms with van der Waals surface area (Å²) >= 11 is 1.28. The van der Waals surface area contributed by atoms with Gasteiger partial charge in [0.25, 0.3) is 0 Å². The Kier molecular flexibility index (Phi) is 5.96. The molecule has 10 heteroatoms. The lowest BCUT2D eigenvalue weighted by Crippen LogP contribution is -2.14. The molecule has 2 aromatic carbocycles. The van der Waals surface area contributed by atoms with Crippen molar-refractivity contribution in [3.8, 4) is 11.3 Å². The highest BCUT2D eigenvalue weighted by atomic mass is 32.2. The van der Waals surface area contributed by atoms with Crippen molar-refractivity contribution < 1.29 is 14.3 Å². The average molecular weight is 473 g/mol. The van der Waals surface area contributed by atoms with E-state index in [9.17, 15) is 9.59 Å². The fourth-order valence-corrected chi connectivity index (χ4v) is 4.19. The Morgan fingerprint density at radius 2 is 1.82 bits per heavy atom. The Morgan fingerprint density at radius 3 is 2.59 bits per heavy atom. The number of hydrogen-bond donors (Lipinski definition) is 1. The monoisotopic (exact) mass is 472 g/mol. The fourth-order valence-electron chi connectivity index (χ4n) is 3.47. The van der Waals surface area contributed by atoms with Gasteiger partial charge in [-0.3, -0.25) is 9.20 Å². The van der Waals surface area contributed by atoms with Crippen LogP contribution in [0.1, 0.15) is 17.3 Å². The third kappa shape index (κ3) is 4.35. The Labute approximate surface area is 198 Å². The summed E-state index contributed by atoms with van der Waals surface area (Å²) in [6.07, 6.45) is 3.67. The minimum absolute atomic E-state index is 0.153. The number of aromatic nitrogens is 5. The zero-order valence-corrected chi connectivity index (χ0v) is 19.0. The molecule has 34 heavy (non-hydrogen) atoms. The second-order valence-corrected chi connectivity index (χ2v) is 8.28. The van der Waals surface area contributed by atoms with E-state index in [4.69, 9.17) is 4.74 Å². The molecule has 0 saturated heterocycles. The number of esters is 1. The van der Waals surface area contributed by atoms with Gasteiger partial charge in [0.1, 0.15) is 5.52 Å². The molecule has 0 unspecified atom stereocenters. The average Bonchev–Trinajstić information content (AvgIpc) is 3.48. The first kappa shape index (κ1) is 21.7. The first-order valence-electron chi connectivity index (χ1n) is 10.6. The molecule has 1 N–H and O–H groups in total. The van der Waals surface area contributed by atoms with Crippen LogP contribution in [0, 0.1) is 0 Å². The predicted molar refractivity (Wildman–Crippen MR) is 129 cm³/mol. The molecule has 3 aromatic heterocycles. The van der Waals surface area contributed by atoms with Crippen molar-refractivity contribution in [2.75, 3.05) is 17.7 Å². The predicted octanol–water partition coefficient (Wildman–Crippen LogP) is 3.95. The summed E-state index contributed by atoms with van der Waals surface area (Å²) in [6.45, 7) is 2.07. The number of thioether (sulfide) groups is 1. The lowest BCUT2D eigenvalue weighted by Gasteiger charge is -2.06. The second kappa shape index (κ2) is 9.36. The highest BCUT2D eigenvalue weighted by Gasteiger charge is 2.14. The lowest BCUT2D eigenvalue weighted by molar-refractivity contribution is -0.113. The Morgan fingerprint density at radius 1 is 1.03 bits per heavy atom. The number of hydrogen-bond acceptors (Lipinski definition) is 7. The van der Waals surface area contributed by atoms with Crippen molar-refractivity contribution >= 4 is 40.5 Å². The minimum atomic E-state index is -0.391. The number of amides is 1. The van der Waals surface area contributed by atoms with E-state index >= 15 is 0 Å². The van der Waals surface area contributed by atoms with Gasteiger partial charge in [0, 0.05) is 23.6 Å². The van der Waals surface area contributed by atoms with Gasteiger partial charge in [-0.25, -0.2) is 9.31 Å². The largest absolute Gasteiger partial charge is 0.462 e. The fraction of sp³-hybridized carbons (Fsp3) is 0.125. The molecule has 3 heterocycles. The maximum atomic E-state index is 12.4. The minimum Gasteiger partial charge on any atom is -0.462 e. The molecule has 0 spiro atoms. The Balaban J connectivity index is 1.28. The summed E-state index contributed by atoms with van der Waals surface area (Å²) in [5.41, 5.74) is 4.39. The summed E-state index contributed by atoms with van der Waals surface area (Å²) in [6, 6.07) is 18.5. The molecule has 0 bridgehead atoms. The summed E-state index contributed by atoms with van der Waals surface area (Å²) in [5.74, 6) is -0.430. The third-order valence-corrected chi connectivity index (χ3v) is 6.01.